The van der Waals surface area contributed by atoms with Crippen molar-refractivity contribution >= 4 is 5.97 Å². The van der Waals surface area contributed by atoms with Crippen LogP contribution in [0.4, 0.5) is 0 Å². The Morgan fingerprint density at radius 3 is 2.19 bits per heavy atom. The fourth-order valence-corrected chi connectivity index (χ4v) is 1.46. The number of rotatable bonds is 4. The lowest BCUT2D eigenvalue weighted by molar-refractivity contribution is -0.142. The van der Waals surface area contributed by atoms with Gasteiger partial charge >= 0.3 is 5.97 Å². The highest BCUT2D eigenvalue weighted by atomic mass is 16.5. The number of carbonyl (C=O) groups excluding carboxylic acids is 1. The van der Waals surface area contributed by atoms with Crippen LogP contribution in [-0.4, -0.2) is 18.2 Å². The molecule has 0 amide bonds. The number of aliphatic hydroxyl groups is 1. The Kier molecular flexibility index (Phi) is 4.50. The van der Waals surface area contributed by atoms with E-state index in [1.807, 2.05) is 24.3 Å². The second-order valence-corrected chi connectivity index (χ2v) is 4.12. The number of hydrogen-bond donors (Lipinski definition) is 1. The van der Waals surface area contributed by atoms with Crippen LogP contribution in [0.3, 0.4) is 0 Å². The topological polar surface area (TPSA) is 46.5 Å². The quantitative estimate of drug-likeness (QED) is 0.796. The largest absolute Gasteiger partial charge is 0.469 e. The molecule has 1 aromatic carbocycles. The summed E-state index contributed by atoms with van der Waals surface area (Å²) in [5.74, 6) is 0.0623. The van der Waals surface area contributed by atoms with E-state index in [9.17, 15) is 9.90 Å². The molecule has 0 aliphatic rings. The van der Waals surface area contributed by atoms with Crippen molar-refractivity contribution in [3.8, 4) is 0 Å². The van der Waals surface area contributed by atoms with Crippen molar-refractivity contribution in [2.75, 3.05) is 7.11 Å². The Hall–Kier alpha value is -1.35. The average Bonchev–Trinajstić information content (AvgIpc) is 2.28. The summed E-state index contributed by atoms with van der Waals surface area (Å²) in [7, 11) is 1.32. The zero-order valence-electron chi connectivity index (χ0n) is 9.93. The molecule has 1 unspecified atom stereocenters. The van der Waals surface area contributed by atoms with Gasteiger partial charge in [-0.05, 0) is 17.0 Å². The number of carbonyl (C=O) groups is 1. The first kappa shape index (κ1) is 12.7. The van der Waals surface area contributed by atoms with Gasteiger partial charge < -0.3 is 9.84 Å². The van der Waals surface area contributed by atoms with Crippen LogP contribution in [0.15, 0.2) is 24.3 Å². The molecule has 3 nitrogen and oxygen atoms in total. The molecule has 0 saturated carbocycles. The van der Waals surface area contributed by atoms with Crippen LogP contribution in [0.25, 0.3) is 0 Å². The van der Waals surface area contributed by atoms with Crippen molar-refractivity contribution in [2.24, 2.45) is 0 Å². The third kappa shape index (κ3) is 3.35. The van der Waals surface area contributed by atoms with Crippen LogP contribution >= 0.6 is 0 Å². The van der Waals surface area contributed by atoms with E-state index in [-0.39, 0.29) is 6.42 Å². The molecule has 88 valence electrons. The highest BCUT2D eigenvalue weighted by Crippen LogP contribution is 2.20. The third-order valence-electron chi connectivity index (χ3n) is 2.58. The van der Waals surface area contributed by atoms with Gasteiger partial charge in [0.15, 0.2) is 0 Å². The summed E-state index contributed by atoms with van der Waals surface area (Å²) in [6.45, 7) is 4.22. The third-order valence-corrected chi connectivity index (χ3v) is 2.58. The molecule has 0 fully saturated rings. The maximum atomic E-state index is 11.0. The van der Waals surface area contributed by atoms with Gasteiger partial charge in [0.2, 0.25) is 0 Å². The monoisotopic (exact) mass is 222 g/mol. The maximum absolute atomic E-state index is 11.0. The SMILES string of the molecule is COC(=O)CC(O)c1ccc(C(C)C)cc1. The summed E-state index contributed by atoms with van der Waals surface area (Å²) < 4.78 is 4.51. The molecular formula is C13H18O3. The first-order chi connectivity index (χ1) is 7.54. The first-order valence-corrected chi connectivity index (χ1v) is 5.39. The molecule has 0 radical (unpaired) electrons. The van der Waals surface area contributed by atoms with Crippen molar-refractivity contribution in [2.45, 2.75) is 32.3 Å². The summed E-state index contributed by atoms with van der Waals surface area (Å²) in [5, 5.41) is 9.75. The zero-order valence-corrected chi connectivity index (χ0v) is 9.93. The Morgan fingerprint density at radius 1 is 1.25 bits per heavy atom. The molecule has 1 rings (SSSR count). The second-order valence-electron chi connectivity index (χ2n) is 4.12. The van der Waals surface area contributed by atoms with E-state index in [0.717, 1.165) is 5.56 Å². The lowest BCUT2D eigenvalue weighted by Gasteiger charge is -2.11. The summed E-state index contributed by atoms with van der Waals surface area (Å²) in [6.07, 6.45) is -0.786. The molecule has 0 aliphatic heterocycles. The highest BCUT2D eigenvalue weighted by molar-refractivity contribution is 5.70. The van der Waals surface area contributed by atoms with Gasteiger partial charge in [0.05, 0.1) is 19.6 Å². The van der Waals surface area contributed by atoms with Crippen molar-refractivity contribution in [3.05, 3.63) is 35.4 Å². The number of methoxy groups -OCH3 is 1. The maximum Gasteiger partial charge on any atom is 0.308 e. The van der Waals surface area contributed by atoms with Gasteiger partial charge in [-0.25, -0.2) is 0 Å². The van der Waals surface area contributed by atoms with E-state index in [0.29, 0.717) is 5.92 Å². The molecule has 1 N–H and O–H groups in total. The lowest BCUT2D eigenvalue weighted by Crippen LogP contribution is -2.08. The number of hydrogen-bond acceptors (Lipinski definition) is 3. The Bertz CT molecular complexity index is 341. The molecule has 0 heterocycles. The zero-order chi connectivity index (χ0) is 12.1. The predicted octanol–water partition coefficient (Wildman–Crippen LogP) is 2.41. The molecule has 0 aromatic heterocycles. The van der Waals surface area contributed by atoms with E-state index in [4.69, 9.17) is 0 Å². The molecule has 0 saturated heterocycles. The van der Waals surface area contributed by atoms with E-state index in [1.54, 1.807) is 0 Å². The van der Waals surface area contributed by atoms with Crippen LogP contribution < -0.4 is 0 Å². The highest BCUT2D eigenvalue weighted by Gasteiger charge is 2.13. The minimum Gasteiger partial charge on any atom is -0.469 e. The number of aliphatic hydroxyl groups excluding tert-OH is 1. The normalized spacial score (nSPS) is 12.6. The van der Waals surface area contributed by atoms with Crippen molar-refractivity contribution in [1.29, 1.82) is 0 Å². The van der Waals surface area contributed by atoms with Gasteiger partial charge in [-0.15, -0.1) is 0 Å². The summed E-state index contributed by atoms with van der Waals surface area (Å²) >= 11 is 0. The molecule has 0 spiro atoms. The number of ether oxygens (including phenoxy) is 1. The molecule has 3 heteroatoms. The molecule has 0 bridgehead atoms. The minimum atomic E-state index is -0.784. The molecule has 1 aromatic rings. The summed E-state index contributed by atoms with van der Waals surface area (Å²) in [4.78, 5) is 11.0. The van der Waals surface area contributed by atoms with Crippen molar-refractivity contribution in [3.63, 3.8) is 0 Å². The smallest absolute Gasteiger partial charge is 0.308 e. The number of benzene rings is 1. The minimum absolute atomic E-state index is 0.00246. The predicted molar refractivity (Wildman–Crippen MR) is 62.1 cm³/mol. The molecule has 16 heavy (non-hydrogen) atoms. The fraction of sp³-hybridized carbons (Fsp3) is 0.462. The average molecular weight is 222 g/mol. The van der Waals surface area contributed by atoms with Crippen molar-refractivity contribution < 1.29 is 14.6 Å². The van der Waals surface area contributed by atoms with E-state index >= 15 is 0 Å². The Balaban J connectivity index is 2.70. The molecule has 0 aliphatic carbocycles. The van der Waals surface area contributed by atoms with Gasteiger partial charge in [0, 0.05) is 0 Å². The Labute approximate surface area is 96.1 Å². The standard InChI is InChI=1S/C13H18O3/c1-9(2)10-4-6-11(7-5-10)12(14)8-13(15)16-3/h4-7,9,12,14H,8H2,1-3H3. The van der Waals surface area contributed by atoms with E-state index < -0.39 is 12.1 Å². The van der Waals surface area contributed by atoms with Crippen LogP contribution in [-0.2, 0) is 9.53 Å². The van der Waals surface area contributed by atoms with Crippen LogP contribution in [0, 0.1) is 0 Å². The van der Waals surface area contributed by atoms with Gasteiger partial charge in [0.25, 0.3) is 0 Å². The van der Waals surface area contributed by atoms with Crippen LogP contribution in [0.2, 0.25) is 0 Å². The van der Waals surface area contributed by atoms with Gasteiger partial charge in [-0.1, -0.05) is 38.1 Å². The Morgan fingerprint density at radius 2 is 1.75 bits per heavy atom. The number of esters is 1. The van der Waals surface area contributed by atoms with Gasteiger partial charge in [-0.3, -0.25) is 4.79 Å². The van der Waals surface area contributed by atoms with Crippen molar-refractivity contribution in [1.82, 2.24) is 0 Å². The van der Waals surface area contributed by atoms with E-state index in [2.05, 4.69) is 18.6 Å². The molecule has 1 atom stereocenters. The summed E-state index contributed by atoms with van der Waals surface area (Å²) in [5.41, 5.74) is 1.96. The van der Waals surface area contributed by atoms with E-state index in [1.165, 1.54) is 12.7 Å². The summed E-state index contributed by atoms with van der Waals surface area (Å²) in [6, 6.07) is 7.65. The molecular weight excluding hydrogens is 204 g/mol. The second kappa shape index (κ2) is 5.66. The first-order valence-electron chi connectivity index (χ1n) is 5.39. The van der Waals surface area contributed by atoms with Gasteiger partial charge in [0.1, 0.15) is 0 Å². The van der Waals surface area contributed by atoms with Crippen LogP contribution in [0.1, 0.15) is 43.4 Å². The van der Waals surface area contributed by atoms with Gasteiger partial charge in [-0.2, -0.15) is 0 Å². The lowest BCUT2D eigenvalue weighted by atomic mass is 9.99. The fourth-order valence-electron chi connectivity index (χ4n) is 1.46. The van der Waals surface area contributed by atoms with Crippen LogP contribution in [0.5, 0.6) is 0 Å².